The predicted molar refractivity (Wildman–Crippen MR) is 157 cm³/mol. The number of rotatable bonds is 11. The van der Waals surface area contributed by atoms with E-state index in [1.54, 1.807) is 67.6 Å². The van der Waals surface area contributed by atoms with Crippen LogP contribution in [0, 0.1) is 6.92 Å². The molecule has 208 valence electrons. The van der Waals surface area contributed by atoms with Gasteiger partial charge in [-0.05, 0) is 69.2 Å². The molecule has 0 radical (unpaired) electrons. The molecular formula is C29H33Cl2N3O4S. The van der Waals surface area contributed by atoms with E-state index in [9.17, 15) is 18.0 Å². The number of carbonyl (C=O) groups excluding carboxylic acids is 2. The van der Waals surface area contributed by atoms with E-state index in [4.69, 9.17) is 23.2 Å². The van der Waals surface area contributed by atoms with Crippen molar-refractivity contribution in [1.82, 2.24) is 10.2 Å². The number of halogens is 2. The number of amides is 2. The molecule has 3 aromatic rings. The van der Waals surface area contributed by atoms with Crippen molar-refractivity contribution in [3.05, 3.63) is 94.0 Å². The highest BCUT2D eigenvalue weighted by Gasteiger charge is 2.32. The van der Waals surface area contributed by atoms with Crippen molar-refractivity contribution >= 4 is 50.7 Å². The minimum absolute atomic E-state index is 0.0257. The molecule has 3 rings (SSSR count). The normalized spacial score (nSPS) is 12.9. The standard InChI is InChI=1S/C29H33Cl2N3O4S/c1-5-21(3)32-29(36)22(4)33(18-23-13-16-26(30)27(31)17-23)28(35)19-34(24-14-11-20(2)12-15-24)39(37,38)25-9-7-6-8-10-25/h6-17,21-22H,5,18-19H2,1-4H3,(H,32,36)/t21-,22-/m1/s1. The molecule has 0 bridgehead atoms. The van der Waals surface area contributed by atoms with Crippen molar-refractivity contribution in [2.45, 2.75) is 57.6 Å². The zero-order valence-electron chi connectivity index (χ0n) is 22.4. The Balaban J connectivity index is 2.02. The summed E-state index contributed by atoms with van der Waals surface area (Å²) in [5.41, 5.74) is 1.93. The smallest absolute Gasteiger partial charge is 0.264 e. The summed E-state index contributed by atoms with van der Waals surface area (Å²) < 4.78 is 28.6. The Hall–Kier alpha value is -3.07. The van der Waals surface area contributed by atoms with Crippen LogP contribution in [0.3, 0.4) is 0 Å². The number of carbonyl (C=O) groups is 2. The molecule has 1 N–H and O–H groups in total. The third kappa shape index (κ3) is 7.75. The summed E-state index contributed by atoms with van der Waals surface area (Å²) in [6.07, 6.45) is 0.718. The van der Waals surface area contributed by atoms with Crippen molar-refractivity contribution in [2.75, 3.05) is 10.8 Å². The SMILES string of the molecule is CC[C@@H](C)NC(=O)[C@@H](C)N(Cc1ccc(Cl)c(Cl)c1)C(=O)CN(c1ccc(C)cc1)S(=O)(=O)c1ccccc1. The number of nitrogens with one attached hydrogen (secondary N) is 1. The minimum atomic E-state index is -4.10. The predicted octanol–water partition coefficient (Wildman–Crippen LogP) is 5.83. The summed E-state index contributed by atoms with van der Waals surface area (Å²) >= 11 is 12.3. The van der Waals surface area contributed by atoms with Crippen molar-refractivity contribution in [1.29, 1.82) is 0 Å². The molecule has 0 aromatic heterocycles. The highest BCUT2D eigenvalue weighted by atomic mass is 35.5. The Labute approximate surface area is 240 Å². The zero-order chi connectivity index (χ0) is 28.7. The Morgan fingerprint density at radius 3 is 2.15 bits per heavy atom. The lowest BCUT2D eigenvalue weighted by Gasteiger charge is -2.32. The number of anilines is 1. The first-order chi connectivity index (χ1) is 18.4. The molecule has 7 nitrogen and oxygen atoms in total. The molecule has 0 spiro atoms. The van der Waals surface area contributed by atoms with Gasteiger partial charge in [-0.15, -0.1) is 0 Å². The fourth-order valence-corrected chi connectivity index (χ4v) is 5.60. The number of hydrogen-bond acceptors (Lipinski definition) is 4. The van der Waals surface area contributed by atoms with Gasteiger partial charge in [-0.2, -0.15) is 0 Å². The molecular weight excluding hydrogens is 557 g/mol. The fraction of sp³-hybridized carbons (Fsp3) is 0.310. The Kier molecular flexibility index (Phi) is 10.4. The molecule has 0 unspecified atom stereocenters. The average molecular weight is 591 g/mol. The van der Waals surface area contributed by atoms with Gasteiger partial charge in [0, 0.05) is 12.6 Å². The van der Waals surface area contributed by atoms with Gasteiger partial charge in [0.1, 0.15) is 12.6 Å². The topological polar surface area (TPSA) is 86.8 Å². The fourth-order valence-electron chi connectivity index (χ4n) is 3.84. The maximum Gasteiger partial charge on any atom is 0.264 e. The maximum atomic E-state index is 13.9. The van der Waals surface area contributed by atoms with E-state index in [0.717, 1.165) is 16.3 Å². The second kappa shape index (κ2) is 13.3. The Morgan fingerprint density at radius 1 is 0.923 bits per heavy atom. The monoisotopic (exact) mass is 589 g/mol. The van der Waals surface area contributed by atoms with Crippen LogP contribution in [0.15, 0.2) is 77.7 Å². The molecule has 10 heteroatoms. The largest absolute Gasteiger partial charge is 0.352 e. The highest BCUT2D eigenvalue weighted by Crippen LogP contribution is 2.26. The van der Waals surface area contributed by atoms with Gasteiger partial charge in [-0.3, -0.25) is 13.9 Å². The van der Waals surface area contributed by atoms with Gasteiger partial charge in [-0.25, -0.2) is 8.42 Å². The van der Waals surface area contributed by atoms with Crippen LogP contribution in [-0.4, -0.2) is 43.8 Å². The van der Waals surface area contributed by atoms with E-state index in [0.29, 0.717) is 21.3 Å². The number of sulfonamides is 1. The summed E-state index contributed by atoms with van der Waals surface area (Å²) in [5, 5.41) is 3.58. The van der Waals surface area contributed by atoms with Crippen LogP contribution in [0.25, 0.3) is 0 Å². The van der Waals surface area contributed by atoms with E-state index in [-0.39, 0.29) is 23.4 Å². The third-order valence-electron chi connectivity index (χ3n) is 6.44. The first kappa shape index (κ1) is 30.5. The van der Waals surface area contributed by atoms with Crippen LogP contribution in [0.4, 0.5) is 5.69 Å². The van der Waals surface area contributed by atoms with E-state index in [1.165, 1.54) is 17.0 Å². The van der Waals surface area contributed by atoms with Gasteiger partial charge in [0.25, 0.3) is 10.0 Å². The number of aryl methyl sites for hydroxylation is 1. The summed E-state index contributed by atoms with van der Waals surface area (Å²) in [4.78, 5) is 28.4. The molecule has 0 aliphatic carbocycles. The zero-order valence-corrected chi connectivity index (χ0v) is 24.7. The Morgan fingerprint density at radius 2 is 1.56 bits per heavy atom. The molecule has 0 aliphatic heterocycles. The molecule has 0 saturated heterocycles. The van der Waals surface area contributed by atoms with E-state index >= 15 is 0 Å². The first-order valence-electron chi connectivity index (χ1n) is 12.6. The van der Waals surface area contributed by atoms with Crippen molar-refractivity contribution in [3.8, 4) is 0 Å². The first-order valence-corrected chi connectivity index (χ1v) is 14.8. The van der Waals surface area contributed by atoms with E-state index < -0.39 is 28.5 Å². The number of benzene rings is 3. The molecule has 2 atom stereocenters. The van der Waals surface area contributed by atoms with Crippen molar-refractivity contribution in [3.63, 3.8) is 0 Å². The van der Waals surface area contributed by atoms with Crippen LogP contribution in [0.2, 0.25) is 10.0 Å². The lowest BCUT2D eigenvalue weighted by Crippen LogP contribution is -2.52. The summed E-state index contributed by atoms with van der Waals surface area (Å²) in [6, 6.07) is 18.8. The van der Waals surface area contributed by atoms with E-state index in [2.05, 4.69) is 5.32 Å². The third-order valence-corrected chi connectivity index (χ3v) is 8.96. The number of nitrogens with zero attached hydrogens (tertiary/aromatic N) is 2. The van der Waals surface area contributed by atoms with Gasteiger partial charge in [0.15, 0.2) is 0 Å². The van der Waals surface area contributed by atoms with Gasteiger partial charge in [0.2, 0.25) is 11.8 Å². The second-order valence-electron chi connectivity index (χ2n) is 9.42. The van der Waals surface area contributed by atoms with Gasteiger partial charge in [0.05, 0.1) is 20.6 Å². The van der Waals surface area contributed by atoms with Crippen molar-refractivity contribution < 1.29 is 18.0 Å². The Bertz CT molecular complexity index is 1400. The molecule has 0 aliphatic rings. The van der Waals surface area contributed by atoms with Crippen molar-refractivity contribution in [2.24, 2.45) is 0 Å². The molecule has 0 saturated carbocycles. The molecule has 0 heterocycles. The van der Waals surface area contributed by atoms with Gasteiger partial charge in [-0.1, -0.05) is 72.1 Å². The summed E-state index contributed by atoms with van der Waals surface area (Å²) in [7, 11) is -4.10. The molecule has 39 heavy (non-hydrogen) atoms. The average Bonchev–Trinajstić information content (AvgIpc) is 2.92. The van der Waals surface area contributed by atoms with Gasteiger partial charge >= 0.3 is 0 Å². The van der Waals surface area contributed by atoms with Crippen LogP contribution < -0.4 is 9.62 Å². The number of hydrogen-bond donors (Lipinski definition) is 1. The lowest BCUT2D eigenvalue weighted by atomic mass is 10.1. The second-order valence-corrected chi connectivity index (χ2v) is 12.1. The summed E-state index contributed by atoms with van der Waals surface area (Å²) in [6.45, 7) is 6.85. The quantitative estimate of drug-likeness (QED) is 0.305. The lowest BCUT2D eigenvalue weighted by molar-refractivity contribution is -0.139. The van der Waals surface area contributed by atoms with Crippen LogP contribution >= 0.6 is 23.2 Å². The summed E-state index contributed by atoms with van der Waals surface area (Å²) in [5.74, 6) is -0.890. The van der Waals surface area contributed by atoms with Crippen LogP contribution in [0.1, 0.15) is 38.3 Å². The highest BCUT2D eigenvalue weighted by molar-refractivity contribution is 7.92. The van der Waals surface area contributed by atoms with Crippen LogP contribution in [-0.2, 0) is 26.2 Å². The van der Waals surface area contributed by atoms with Gasteiger partial charge < -0.3 is 10.2 Å². The van der Waals surface area contributed by atoms with E-state index in [1.807, 2.05) is 20.8 Å². The molecule has 0 fully saturated rings. The molecule has 3 aromatic carbocycles. The minimum Gasteiger partial charge on any atom is -0.352 e. The maximum absolute atomic E-state index is 13.9. The molecule has 2 amide bonds. The van der Waals surface area contributed by atoms with Crippen LogP contribution in [0.5, 0.6) is 0 Å².